The van der Waals surface area contributed by atoms with Gasteiger partial charge in [0.15, 0.2) is 0 Å². The Morgan fingerprint density at radius 2 is 0.511 bits per heavy atom. The molecule has 47 heavy (non-hydrogen) atoms. The van der Waals surface area contributed by atoms with E-state index in [-0.39, 0.29) is 5.78 Å². The van der Waals surface area contributed by atoms with E-state index in [4.69, 9.17) is 56.8 Å². The largest absolute Gasteiger partial charge is 0.379 e. The average molecular weight is 690 g/mol. The third-order valence-electron chi connectivity index (χ3n) is 5.19. The van der Waals surface area contributed by atoms with Crippen LogP contribution in [0.15, 0.2) is 0 Å². The third kappa shape index (κ3) is 54.8. The molecule has 0 aliphatic heterocycles. The molecule has 0 atom stereocenters. The summed E-state index contributed by atoms with van der Waals surface area (Å²) in [5.41, 5.74) is 0. The second-order valence-corrected chi connectivity index (χ2v) is 8.90. The topological polar surface area (TPSA) is 140 Å². The first-order chi connectivity index (χ1) is 23.3. The molecular formula is C33H71NO13. The number of carbonyl (C=O) groups excluding carboxylic acids is 1. The maximum Gasteiger partial charge on any atom is 0.132 e. The third-order valence-corrected chi connectivity index (χ3v) is 5.19. The van der Waals surface area contributed by atoms with Crippen LogP contribution in [0.5, 0.6) is 0 Å². The Morgan fingerprint density at radius 3 is 0.681 bits per heavy atom. The summed E-state index contributed by atoms with van der Waals surface area (Å²) in [6.45, 7) is 22.9. The molecule has 0 rings (SSSR count). The highest BCUT2D eigenvalue weighted by atomic mass is 16.6. The van der Waals surface area contributed by atoms with E-state index < -0.39 is 0 Å². The highest BCUT2D eigenvalue weighted by Crippen LogP contribution is 1.88. The Labute approximate surface area is 286 Å². The summed E-state index contributed by atoms with van der Waals surface area (Å²) in [7, 11) is 1.89. The van der Waals surface area contributed by atoms with Crippen LogP contribution in [-0.4, -0.2) is 178 Å². The van der Waals surface area contributed by atoms with Crippen molar-refractivity contribution in [2.45, 2.75) is 41.0 Å². The van der Waals surface area contributed by atoms with Gasteiger partial charge in [-0.15, -0.1) is 0 Å². The Morgan fingerprint density at radius 1 is 0.340 bits per heavy atom. The van der Waals surface area contributed by atoms with Crippen LogP contribution in [0.25, 0.3) is 0 Å². The minimum Gasteiger partial charge on any atom is -0.379 e. The van der Waals surface area contributed by atoms with E-state index in [2.05, 4.69) is 5.32 Å². The van der Waals surface area contributed by atoms with Crippen LogP contribution in [0, 0.1) is 0 Å². The number of hydrogen-bond acceptors (Lipinski definition) is 14. The smallest absolute Gasteiger partial charge is 0.132 e. The molecule has 0 amide bonds. The lowest BCUT2D eigenvalue weighted by Gasteiger charge is -2.09. The van der Waals surface area contributed by atoms with Gasteiger partial charge in [0.25, 0.3) is 0 Å². The van der Waals surface area contributed by atoms with Crippen molar-refractivity contribution in [1.82, 2.24) is 5.32 Å². The van der Waals surface area contributed by atoms with Crippen molar-refractivity contribution in [3.63, 3.8) is 0 Å². The summed E-state index contributed by atoms with van der Waals surface area (Å²) >= 11 is 0. The van der Waals surface area contributed by atoms with Crippen molar-refractivity contribution in [3.05, 3.63) is 0 Å². The van der Waals surface area contributed by atoms with Crippen LogP contribution >= 0.6 is 0 Å². The molecule has 0 spiro atoms. The minimum atomic E-state index is 0.126. The molecule has 0 saturated heterocycles. The molecule has 0 saturated carbocycles. The van der Waals surface area contributed by atoms with E-state index in [1.165, 1.54) is 0 Å². The van der Waals surface area contributed by atoms with Crippen LogP contribution in [0.2, 0.25) is 0 Å². The van der Waals surface area contributed by atoms with Crippen molar-refractivity contribution in [2.75, 3.05) is 172 Å². The van der Waals surface area contributed by atoms with Crippen molar-refractivity contribution >= 4 is 5.78 Å². The maximum atomic E-state index is 10.8. The van der Waals surface area contributed by atoms with Gasteiger partial charge < -0.3 is 62.2 Å². The van der Waals surface area contributed by atoms with Crippen molar-refractivity contribution < 1.29 is 61.6 Å². The first-order valence-electron chi connectivity index (χ1n) is 17.3. The fraction of sp³-hybridized carbons (Fsp3) is 0.970. The SMILES string of the molecule is CC.CC.CNCCOCCOCCOCCOCCOCCOCCOCCOCCOCCOCCOCCOCCC(C)=O. The molecule has 0 aliphatic carbocycles. The van der Waals surface area contributed by atoms with Gasteiger partial charge in [-0.3, -0.25) is 4.79 Å². The number of rotatable bonds is 39. The van der Waals surface area contributed by atoms with Gasteiger partial charge in [-0.2, -0.15) is 0 Å². The summed E-state index contributed by atoms with van der Waals surface area (Å²) in [6.07, 6.45) is 0.443. The van der Waals surface area contributed by atoms with Gasteiger partial charge in [-0.1, -0.05) is 27.7 Å². The van der Waals surface area contributed by atoms with Crippen molar-refractivity contribution in [2.24, 2.45) is 0 Å². The quantitative estimate of drug-likeness (QED) is 0.0945. The molecule has 0 bridgehead atoms. The number of Topliss-reactive ketones (excluding diaryl/α,β-unsaturated/α-hetero) is 1. The number of hydrogen-bond donors (Lipinski definition) is 1. The van der Waals surface area contributed by atoms with Crippen LogP contribution in [0.3, 0.4) is 0 Å². The van der Waals surface area contributed by atoms with Gasteiger partial charge in [0, 0.05) is 13.0 Å². The molecule has 0 fully saturated rings. The lowest BCUT2D eigenvalue weighted by molar-refractivity contribution is -0.118. The predicted octanol–water partition coefficient (Wildman–Crippen LogP) is 2.44. The van der Waals surface area contributed by atoms with E-state index in [0.717, 1.165) is 6.54 Å². The van der Waals surface area contributed by atoms with Crippen LogP contribution in [0.4, 0.5) is 0 Å². The molecule has 286 valence electrons. The van der Waals surface area contributed by atoms with Crippen molar-refractivity contribution in [1.29, 1.82) is 0 Å². The zero-order valence-corrected chi connectivity index (χ0v) is 30.7. The average Bonchev–Trinajstić information content (AvgIpc) is 3.09. The standard InChI is InChI=1S/C29H59NO13.2C2H6/c1-29(31)3-5-32-7-9-34-11-13-36-15-17-38-19-21-40-23-25-42-27-28-43-26-24-41-22-20-39-18-16-37-14-12-35-10-8-33-6-4-30-2;2*1-2/h30H,3-28H2,1-2H3;2*1-2H3. The van der Waals surface area contributed by atoms with Crippen LogP contribution in [-0.2, 0) is 61.6 Å². The zero-order chi connectivity index (χ0) is 35.2. The fourth-order valence-electron chi connectivity index (χ4n) is 2.91. The fourth-order valence-corrected chi connectivity index (χ4v) is 2.91. The lowest BCUT2D eigenvalue weighted by Crippen LogP contribution is -2.17. The summed E-state index contributed by atoms with van der Waals surface area (Å²) < 4.78 is 65.0. The molecule has 0 unspecified atom stereocenters. The van der Waals surface area contributed by atoms with E-state index in [1.807, 2.05) is 34.7 Å². The number of ketones is 1. The Balaban J connectivity index is -0.00000464. The molecule has 0 aromatic carbocycles. The van der Waals surface area contributed by atoms with E-state index in [9.17, 15) is 4.79 Å². The Bertz CT molecular complexity index is 537. The monoisotopic (exact) mass is 689 g/mol. The van der Waals surface area contributed by atoms with E-state index in [0.29, 0.717) is 165 Å². The summed E-state index contributed by atoms with van der Waals surface area (Å²) in [6, 6.07) is 0. The van der Waals surface area contributed by atoms with E-state index in [1.54, 1.807) is 6.92 Å². The molecule has 1 N–H and O–H groups in total. The molecule has 0 radical (unpaired) electrons. The van der Waals surface area contributed by atoms with Gasteiger partial charge in [0.1, 0.15) is 5.78 Å². The number of likely N-dealkylation sites (N-methyl/N-ethyl adjacent to an activating group) is 1. The molecule has 0 aromatic rings. The number of carbonyl (C=O) groups is 1. The second-order valence-electron chi connectivity index (χ2n) is 8.90. The lowest BCUT2D eigenvalue weighted by atomic mass is 10.3. The predicted molar refractivity (Wildman–Crippen MR) is 182 cm³/mol. The Kier molecular flexibility index (Phi) is 55.9. The first kappa shape index (κ1) is 50.5. The van der Waals surface area contributed by atoms with Gasteiger partial charge >= 0.3 is 0 Å². The van der Waals surface area contributed by atoms with Gasteiger partial charge in [-0.25, -0.2) is 0 Å². The zero-order valence-electron chi connectivity index (χ0n) is 30.7. The van der Waals surface area contributed by atoms with Crippen LogP contribution in [0.1, 0.15) is 41.0 Å². The molecule has 0 heterocycles. The maximum absolute atomic E-state index is 10.8. The van der Waals surface area contributed by atoms with Crippen LogP contribution < -0.4 is 5.32 Å². The highest BCUT2D eigenvalue weighted by Gasteiger charge is 1.97. The number of nitrogens with one attached hydrogen (secondary N) is 1. The molecule has 0 aliphatic rings. The molecular weight excluding hydrogens is 618 g/mol. The highest BCUT2D eigenvalue weighted by molar-refractivity contribution is 5.75. The molecule has 0 aromatic heterocycles. The first-order valence-corrected chi connectivity index (χ1v) is 17.3. The van der Waals surface area contributed by atoms with Gasteiger partial charge in [0.05, 0.1) is 159 Å². The Hall–Kier alpha value is -0.850. The summed E-state index contributed by atoms with van der Waals surface area (Å²) in [5, 5.41) is 3.02. The summed E-state index contributed by atoms with van der Waals surface area (Å²) in [5.74, 6) is 0.126. The molecule has 14 heteroatoms. The van der Waals surface area contributed by atoms with Gasteiger partial charge in [0.2, 0.25) is 0 Å². The normalized spacial score (nSPS) is 10.8. The number of ether oxygens (including phenoxy) is 12. The minimum absolute atomic E-state index is 0.126. The summed E-state index contributed by atoms with van der Waals surface area (Å²) in [4.78, 5) is 10.8. The van der Waals surface area contributed by atoms with Crippen molar-refractivity contribution in [3.8, 4) is 0 Å². The molecule has 14 nitrogen and oxygen atoms in total. The second kappa shape index (κ2) is 52.0. The van der Waals surface area contributed by atoms with E-state index >= 15 is 0 Å². The van der Waals surface area contributed by atoms with Gasteiger partial charge in [-0.05, 0) is 14.0 Å².